The first kappa shape index (κ1) is 26.1. The van der Waals surface area contributed by atoms with Gasteiger partial charge in [-0.1, -0.05) is 18.7 Å². The lowest BCUT2D eigenvalue weighted by Crippen LogP contribution is -2.50. The van der Waals surface area contributed by atoms with Crippen molar-refractivity contribution in [2.75, 3.05) is 26.7 Å². The van der Waals surface area contributed by atoms with Crippen LogP contribution in [0.2, 0.25) is 0 Å². The number of carbonyl (C=O) groups is 3. The fourth-order valence-electron chi connectivity index (χ4n) is 5.73. The molecule has 0 radical (unpaired) electrons. The van der Waals surface area contributed by atoms with Crippen molar-refractivity contribution in [1.29, 1.82) is 0 Å². The molecule has 0 bridgehead atoms. The van der Waals surface area contributed by atoms with Gasteiger partial charge in [0.1, 0.15) is 5.75 Å². The Balaban J connectivity index is 1.44. The number of likely N-dealkylation sites (tertiary alicyclic amines) is 1. The summed E-state index contributed by atoms with van der Waals surface area (Å²) in [5.74, 6) is 0.479. The lowest BCUT2D eigenvalue weighted by molar-refractivity contribution is -0.384. The van der Waals surface area contributed by atoms with Gasteiger partial charge in [-0.2, -0.15) is 0 Å². The smallest absolute Gasteiger partial charge is 0.270 e. The van der Waals surface area contributed by atoms with Crippen LogP contribution in [0.1, 0.15) is 33.6 Å². The summed E-state index contributed by atoms with van der Waals surface area (Å²) in [5.41, 5.74) is 3.53. The Morgan fingerprint density at radius 2 is 1.95 bits per heavy atom. The average molecular weight is 531 g/mol. The second-order valence-corrected chi connectivity index (χ2v) is 10.1. The van der Waals surface area contributed by atoms with Crippen LogP contribution in [0.3, 0.4) is 0 Å². The van der Waals surface area contributed by atoms with Crippen molar-refractivity contribution in [3.63, 3.8) is 0 Å². The number of hydrogen-bond acceptors (Lipinski definition) is 6. The highest BCUT2D eigenvalue weighted by Crippen LogP contribution is 2.33. The van der Waals surface area contributed by atoms with Crippen LogP contribution < -0.4 is 4.74 Å². The fourth-order valence-corrected chi connectivity index (χ4v) is 5.73. The van der Waals surface area contributed by atoms with Crippen LogP contribution in [0.25, 0.3) is 10.9 Å². The van der Waals surface area contributed by atoms with Crippen LogP contribution in [-0.2, 0) is 29.1 Å². The molecule has 0 unspecified atom stereocenters. The number of nitrogens with zero attached hydrogens (tertiary/aromatic N) is 4. The highest BCUT2D eigenvalue weighted by molar-refractivity contribution is 6.09. The quantitative estimate of drug-likeness (QED) is 0.249. The zero-order valence-electron chi connectivity index (χ0n) is 22.0. The van der Waals surface area contributed by atoms with Crippen molar-refractivity contribution in [3.8, 4) is 5.75 Å². The Labute approximate surface area is 225 Å². The van der Waals surface area contributed by atoms with Gasteiger partial charge in [-0.05, 0) is 37.1 Å². The summed E-state index contributed by atoms with van der Waals surface area (Å²) in [6.45, 7) is 7.21. The summed E-state index contributed by atoms with van der Waals surface area (Å²) in [6.07, 6.45) is 2.21. The van der Waals surface area contributed by atoms with Gasteiger partial charge in [0.25, 0.3) is 11.6 Å². The minimum atomic E-state index is -0.484. The number of benzene rings is 2. The molecular weight excluding hydrogens is 500 g/mol. The number of nitro benzene ring substituents is 1. The summed E-state index contributed by atoms with van der Waals surface area (Å²) in [7, 11) is 1.63. The Hall–Kier alpha value is -4.47. The number of ketones is 1. The number of amides is 2. The van der Waals surface area contributed by atoms with E-state index < -0.39 is 4.92 Å². The first-order chi connectivity index (χ1) is 18.7. The third-order valence-electron chi connectivity index (χ3n) is 7.76. The third kappa shape index (κ3) is 4.78. The van der Waals surface area contributed by atoms with Crippen molar-refractivity contribution in [1.82, 2.24) is 14.4 Å². The monoisotopic (exact) mass is 530 g/mol. The molecule has 0 N–H and O–H groups in total. The molecule has 2 amide bonds. The summed E-state index contributed by atoms with van der Waals surface area (Å²) >= 11 is 0. The minimum absolute atomic E-state index is 0.0259. The van der Waals surface area contributed by atoms with Crippen LogP contribution in [0.4, 0.5) is 5.69 Å². The topological polar surface area (TPSA) is 115 Å². The molecule has 0 saturated carbocycles. The fraction of sp³-hybridized carbons (Fsp3) is 0.345. The highest BCUT2D eigenvalue weighted by Gasteiger charge is 2.32. The molecule has 5 rings (SSSR count). The zero-order chi connectivity index (χ0) is 27.8. The van der Waals surface area contributed by atoms with Gasteiger partial charge in [0.05, 0.1) is 24.1 Å². The van der Waals surface area contributed by atoms with E-state index >= 15 is 0 Å². The van der Waals surface area contributed by atoms with Crippen molar-refractivity contribution >= 4 is 34.2 Å². The number of methoxy groups -OCH3 is 1. The number of non-ortho nitro benzene ring substituents is 1. The number of rotatable bonds is 8. The van der Waals surface area contributed by atoms with Gasteiger partial charge < -0.3 is 19.1 Å². The third-order valence-corrected chi connectivity index (χ3v) is 7.76. The number of ether oxygens (including phenoxy) is 1. The lowest BCUT2D eigenvalue weighted by atomic mass is 9.94. The van der Waals surface area contributed by atoms with Crippen molar-refractivity contribution in [3.05, 3.63) is 81.6 Å². The van der Waals surface area contributed by atoms with Crippen LogP contribution in [-0.4, -0.2) is 63.6 Å². The number of carbonyl (C=O) groups excluding carboxylic acids is 3. The number of aromatic nitrogens is 1. The summed E-state index contributed by atoms with van der Waals surface area (Å²) in [5, 5.41) is 12.0. The predicted molar refractivity (Wildman–Crippen MR) is 145 cm³/mol. The molecule has 2 aromatic carbocycles. The van der Waals surface area contributed by atoms with Crippen LogP contribution >= 0.6 is 0 Å². The molecule has 10 nitrogen and oxygen atoms in total. The van der Waals surface area contributed by atoms with E-state index in [0.717, 1.165) is 16.9 Å². The molecule has 1 fully saturated rings. The van der Waals surface area contributed by atoms with Crippen LogP contribution in [0, 0.1) is 23.0 Å². The van der Waals surface area contributed by atoms with E-state index in [2.05, 4.69) is 6.58 Å². The normalized spacial score (nSPS) is 15.0. The predicted octanol–water partition coefficient (Wildman–Crippen LogP) is 3.67. The molecule has 202 valence electrons. The molecule has 0 atom stereocenters. The Kier molecular flexibility index (Phi) is 6.94. The first-order valence-corrected chi connectivity index (χ1v) is 12.9. The Morgan fingerprint density at radius 3 is 2.64 bits per heavy atom. The standard InChI is InChI=1S/C29H30N4O6/c1-4-27(35)31-14-19(15-31)12-22(34)17-32-18(2)28(24-13-21(33(37)38)8-9-25(24)32)29(36)30-11-10-23-20(16-30)6-5-7-26(23)39-3/h4-9,13,19H,1,10-12,14-17H2,2-3H3. The number of fused-ring (bicyclic) bond motifs is 2. The number of nitro groups is 1. The van der Waals surface area contributed by atoms with Gasteiger partial charge >= 0.3 is 0 Å². The van der Waals surface area contributed by atoms with E-state index in [1.165, 1.54) is 18.2 Å². The van der Waals surface area contributed by atoms with Crippen LogP contribution in [0.15, 0.2) is 49.1 Å². The van der Waals surface area contributed by atoms with E-state index in [-0.39, 0.29) is 35.7 Å². The summed E-state index contributed by atoms with van der Waals surface area (Å²) in [4.78, 5) is 53.1. The van der Waals surface area contributed by atoms with E-state index in [9.17, 15) is 24.5 Å². The Morgan fingerprint density at radius 1 is 1.18 bits per heavy atom. The largest absolute Gasteiger partial charge is 0.496 e. The second-order valence-electron chi connectivity index (χ2n) is 10.1. The van der Waals surface area contributed by atoms with E-state index in [4.69, 9.17) is 4.74 Å². The van der Waals surface area contributed by atoms with E-state index in [1.807, 2.05) is 18.2 Å². The van der Waals surface area contributed by atoms with Gasteiger partial charge in [-0.15, -0.1) is 0 Å². The summed E-state index contributed by atoms with van der Waals surface area (Å²) < 4.78 is 7.26. The highest BCUT2D eigenvalue weighted by atomic mass is 16.6. The summed E-state index contributed by atoms with van der Waals surface area (Å²) in [6, 6.07) is 10.2. The van der Waals surface area contributed by atoms with Crippen LogP contribution in [0.5, 0.6) is 5.75 Å². The maximum atomic E-state index is 13.9. The molecule has 1 saturated heterocycles. The van der Waals surface area contributed by atoms with Gasteiger partial charge in [-0.3, -0.25) is 24.5 Å². The van der Waals surface area contributed by atoms with E-state index in [1.54, 1.807) is 34.5 Å². The first-order valence-electron chi connectivity index (χ1n) is 12.9. The van der Waals surface area contributed by atoms with Gasteiger partial charge in [0, 0.05) is 72.8 Å². The minimum Gasteiger partial charge on any atom is -0.496 e. The van der Waals surface area contributed by atoms with Gasteiger partial charge in [-0.25, -0.2) is 0 Å². The molecular formula is C29H30N4O6. The molecule has 0 aliphatic carbocycles. The maximum absolute atomic E-state index is 13.9. The van der Waals surface area contributed by atoms with Crippen molar-refractivity contribution in [2.24, 2.45) is 5.92 Å². The van der Waals surface area contributed by atoms with Crippen molar-refractivity contribution in [2.45, 2.75) is 32.9 Å². The number of hydrogen-bond donors (Lipinski definition) is 0. The Bertz CT molecular complexity index is 1520. The van der Waals surface area contributed by atoms with Gasteiger partial charge in [0.2, 0.25) is 5.91 Å². The maximum Gasteiger partial charge on any atom is 0.270 e. The van der Waals surface area contributed by atoms with E-state index in [0.29, 0.717) is 61.2 Å². The molecule has 0 spiro atoms. The van der Waals surface area contributed by atoms with Crippen molar-refractivity contribution < 1.29 is 24.0 Å². The molecule has 2 aliphatic rings. The molecule has 1 aromatic heterocycles. The second kappa shape index (κ2) is 10.4. The lowest BCUT2D eigenvalue weighted by Gasteiger charge is -2.38. The molecule has 2 aliphatic heterocycles. The zero-order valence-corrected chi connectivity index (χ0v) is 22.0. The number of Topliss-reactive ketones (excluding diaryl/α,β-unsaturated/α-hetero) is 1. The average Bonchev–Trinajstić information content (AvgIpc) is 3.18. The SMILES string of the molecule is C=CC(=O)N1CC(CC(=O)Cn2c(C)c(C(=O)N3CCc4c(cccc4OC)C3)c3cc([N+](=O)[O-])ccc32)C1. The molecule has 10 heteroatoms. The van der Waals surface area contributed by atoms with Gasteiger partial charge in [0.15, 0.2) is 5.78 Å². The molecule has 39 heavy (non-hydrogen) atoms. The molecule has 3 aromatic rings. The molecule has 3 heterocycles.